The number of nitrogens with one attached hydrogen (secondary N) is 1. The molecule has 2 heterocycles. The summed E-state index contributed by atoms with van der Waals surface area (Å²) in [5, 5.41) is 11.2. The van der Waals surface area contributed by atoms with Crippen molar-refractivity contribution in [2.45, 2.75) is 70.6 Å². The van der Waals surface area contributed by atoms with Crippen molar-refractivity contribution in [3.63, 3.8) is 0 Å². The third-order valence-corrected chi connectivity index (χ3v) is 4.08. The summed E-state index contributed by atoms with van der Waals surface area (Å²) in [6.45, 7) is 6.97. The lowest BCUT2D eigenvalue weighted by atomic mass is 9.90. The van der Waals surface area contributed by atoms with Crippen molar-refractivity contribution in [1.82, 2.24) is 10.2 Å². The molecular weight excluding hydrogens is 389 g/mol. The zero-order valence-corrected chi connectivity index (χ0v) is 16.0. The molecule has 0 radical (unpaired) electrons. The Kier molecular flexibility index (Phi) is 5.61. The zero-order valence-electron chi connectivity index (χ0n) is 16.0. The number of carboxylic acids is 1. The molecule has 0 aliphatic carbocycles. The average Bonchev–Trinajstić information content (AvgIpc) is 2.79. The topological polar surface area (TPSA) is 114 Å². The van der Waals surface area contributed by atoms with Gasteiger partial charge in [-0.05, 0) is 34.6 Å². The standard InChI is InChI=1S/C16H23F3N2O7/c1-14(2,3)28-13(25)21-6-7(11(22)23)8-9(27-15(4,5)26-8)10(21)20-12(24)16(17,18)19/h7-10H,6H2,1-5H3,(H,20,24)(H,22,23)/t7-,8-,9-,10-/m0/s1. The third kappa shape index (κ3) is 4.85. The van der Waals surface area contributed by atoms with Crippen LogP contribution in [0.2, 0.25) is 0 Å². The van der Waals surface area contributed by atoms with E-state index >= 15 is 0 Å². The van der Waals surface area contributed by atoms with Crippen LogP contribution >= 0.6 is 0 Å². The number of halogens is 3. The van der Waals surface area contributed by atoms with Crippen LogP contribution in [-0.2, 0) is 23.8 Å². The maximum absolute atomic E-state index is 12.8. The maximum Gasteiger partial charge on any atom is 0.471 e. The second-order valence-electron chi connectivity index (χ2n) is 8.06. The molecular formula is C16H23F3N2O7. The van der Waals surface area contributed by atoms with Crippen molar-refractivity contribution in [1.29, 1.82) is 0 Å². The van der Waals surface area contributed by atoms with Gasteiger partial charge in [0.15, 0.2) is 5.79 Å². The fourth-order valence-electron chi connectivity index (χ4n) is 3.08. The number of aliphatic carboxylic acids is 1. The highest BCUT2D eigenvalue weighted by Gasteiger charge is 2.58. The number of likely N-dealkylation sites (tertiary alicyclic amines) is 1. The normalized spacial score (nSPS) is 29.8. The second-order valence-corrected chi connectivity index (χ2v) is 8.06. The number of fused-ring (bicyclic) bond motifs is 1. The first kappa shape index (κ1) is 22.2. The van der Waals surface area contributed by atoms with Crippen molar-refractivity contribution >= 4 is 18.0 Å². The highest BCUT2D eigenvalue weighted by atomic mass is 19.4. The van der Waals surface area contributed by atoms with E-state index in [4.69, 9.17) is 14.2 Å². The summed E-state index contributed by atoms with van der Waals surface area (Å²) in [6, 6.07) is 0. The fraction of sp³-hybridized carbons (Fsp3) is 0.812. The van der Waals surface area contributed by atoms with Crippen molar-refractivity contribution in [2.75, 3.05) is 6.54 Å². The molecule has 0 spiro atoms. The quantitative estimate of drug-likeness (QED) is 0.706. The molecule has 160 valence electrons. The summed E-state index contributed by atoms with van der Waals surface area (Å²) in [7, 11) is 0. The average molecular weight is 412 g/mol. The van der Waals surface area contributed by atoms with Gasteiger partial charge in [0, 0.05) is 6.54 Å². The molecule has 28 heavy (non-hydrogen) atoms. The van der Waals surface area contributed by atoms with Crippen LogP contribution in [0.1, 0.15) is 34.6 Å². The molecule has 0 saturated carbocycles. The molecule has 9 nitrogen and oxygen atoms in total. The molecule has 2 aliphatic heterocycles. The molecule has 0 unspecified atom stereocenters. The number of carbonyl (C=O) groups is 3. The smallest absolute Gasteiger partial charge is 0.471 e. The molecule has 2 amide bonds. The van der Waals surface area contributed by atoms with E-state index in [9.17, 15) is 32.7 Å². The SMILES string of the molecule is CC(C)(C)OC(=O)N1C[C@H](C(=O)O)[C@@H]2OC(C)(C)O[C@@H]2[C@H]1NC(=O)C(F)(F)F. The lowest BCUT2D eigenvalue weighted by Gasteiger charge is -2.43. The number of amides is 2. The highest BCUT2D eigenvalue weighted by Crippen LogP contribution is 2.39. The van der Waals surface area contributed by atoms with E-state index in [0.29, 0.717) is 0 Å². The monoisotopic (exact) mass is 412 g/mol. The molecule has 2 saturated heterocycles. The Balaban J connectivity index is 2.42. The van der Waals surface area contributed by atoms with Crippen molar-refractivity contribution in [3.8, 4) is 0 Å². The summed E-state index contributed by atoms with van der Waals surface area (Å²) < 4.78 is 54.6. The number of hydrogen-bond acceptors (Lipinski definition) is 6. The van der Waals surface area contributed by atoms with E-state index in [-0.39, 0.29) is 0 Å². The molecule has 2 rings (SSSR count). The Morgan fingerprint density at radius 2 is 1.68 bits per heavy atom. The Bertz CT molecular complexity index is 660. The maximum atomic E-state index is 12.8. The van der Waals surface area contributed by atoms with Gasteiger partial charge in [0.2, 0.25) is 0 Å². The molecule has 0 aromatic heterocycles. The Hall–Kier alpha value is -2.08. The molecule has 2 fully saturated rings. The number of carboxylic acid groups (broad SMARTS) is 1. The highest BCUT2D eigenvalue weighted by molar-refractivity contribution is 5.83. The van der Waals surface area contributed by atoms with E-state index in [1.54, 1.807) is 5.32 Å². The summed E-state index contributed by atoms with van der Waals surface area (Å²) >= 11 is 0. The molecule has 2 aliphatic rings. The first-order valence-corrected chi connectivity index (χ1v) is 8.47. The zero-order chi connectivity index (χ0) is 21.7. The van der Waals surface area contributed by atoms with Gasteiger partial charge in [-0.1, -0.05) is 0 Å². The first-order valence-electron chi connectivity index (χ1n) is 8.47. The van der Waals surface area contributed by atoms with E-state index in [2.05, 4.69) is 0 Å². The van der Waals surface area contributed by atoms with Crippen LogP contribution < -0.4 is 5.32 Å². The van der Waals surface area contributed by atoms with E-state index in [1.807, 2.05) is 0 Å². The van der Waals surface area contributed by atoms with Crippen LogP contribution in [0.4, 0.5) is 18.0 Å². The third-order valence-electron chi connectivity index (χ3n) is 4.08. The Labute approximate surface area is 159 Å². The van der Waals surface area contributed by atoms with E-state index in [0.717, 1.165) is 4.90 Å². The number of ether oxygens (including phenoxy) is 3. The van der Waals surface area contributed by atoms with E-state index < -0.39 is 66.4 Å². The Morgan fingerprint density at radius 3 is 2.14 bits per heavy atom. The van der Waals surface area contributed by atoms with E-state index in [1.165, 1.54) is 34.6 Å². The molecule has 2 N–H and O–H groups in total. The number of hydrogen-bond donors (Lipinski definition) is 2. The van der Waals surface area contributed by atoms with Gasteiger partial charge in [0.25, 0.3) is 0 Å². The summed E-state index contributed by atoms with van der Waals surface area (Å²) in [5.74, 6) is -6.25. The minimum Gasteiger partial charge on any atom is -0.481 e. The van der Waals surface area contributed by atoms with Gasteiger partial charge in [-0.15, -0.1) is 0 Å². The first-order chi connectivity index (χ1) is 12.5. The van der Waals surface area contributed by atoms with Gasteiger partial charge in [-0.3, -0.25) is 14.5 Å². The molecule has 0 aromatic carbocycles. The van der Waals surface area contributed by atoms with Crippen LogP contribution in [0.25, 0.3) is 0 Å². The van der Waals surface area contributed by atoms with Gasteiger partial charge >= 0.3 is 24.1 Å². The van der Waals surface area contributed by atoms with Gasteiger partial charge in [0.1, 0.15) is 29.9 Å². The largest absolute Gasteiger partial charge is 0.481 e. The van der Waals surface area contributed by atoms with Gasteiger partial charge in [-0.2, -0.15) is 13.2 Å². The van der Waals surface area contributed by atoms with Crippen molar-refractivity contribution in [2.24, 2.45) is 5.92 Å². The summed E-state index contributed by atoms with van der Waals surface area (Å²) in [5.41, 5.74) is -1.00. The number of carbonyl (C=O) groups excluding carboxylic acids is 2. The predicted octanol–water partition coefficient (Wildman–Crippen LogP) is 1.46. The number of rotatable bonds is 2. The van der Waals surface area contributed by atoms with Crippen molar-refractivity contribution in [3.05, 3.63) is 0 Å². The molecule has 0 bridgehead atoms. The van der Waals surface area contributed by atoms with Gasteiger partial charge in [0.05, 0.1) is 0 Å². The van der Waals surface area contributed by atoms with Crippen LogP contribution in [0.3, 0.4) is 0 Å². The number of alkyl halides is 3. The minimum absolute atomic E-state index is 0.534. The van der Waals surface area contributed by atoms with Crippen molar-refractivity contribution < 1.29 is 46.9 Å². The molecule has 4 atom stereocenters. The molecule has 0 aromatic rings. The Morgan fingerprint density at radius 1 is 1.14 bits per heavy atom. The summed E-state index contributed by atoms with van der Waals surface area (Å²) in [4.78, 5) is 36.5. The minimum atomic E-state index is -5.21. The van der Waals surface area contributed by atoms with Crippen LogP contribution in [0.15, 0.2) is 0 Å². The summed E-state index contributed by atoms with van der Waals surface area (Å²) in [6.07, 6.45) is -10.5. The lowest BCUT2D eigenvalue weighted by Crippen LogP contribution is -2.68. The number of piperidine rings is 1. The van der Waals surface area contributed by atoms with Crippen LogP contribution in [0.5, 0.6) is 0 Å². The predicted molar refractivity (Wildman–Crippen MR) is 85.9 cm³/mol. The van der Waals surface area contributed by atoms with Gasteiger partial charge < -0.3 is 24.6 Å². The fourth-order valence-corrected chi connectivity index (χ4v) is 3.08. The van der Waals surface area contributed by atoms with Crippen LogP contribution in [-0.4, -0.2) is 70.5 Å². The van der Waals surface area contributed by atoms with Gasteiger partial charge in [-0.25, -0.2) is 4.79 Å². The second kappa shape index (κ2) is 7.07. The van der Waals surface area contributed by atoms with Crippen LogP contribution in [0, 0.1) is 5.92 Å². The number of nitrogens with zero attached hydrogens (tertiary/aromatic N) is 1. The molecule has 12 heteroatoms. The lowest BCUT2D eigenvalue weighted by molar-refractivity contribution is -0.179.